The molecule has 3 heterocycles. The molecule has 0 saturated carbocycles. The minimum absolute atomic E-state index is 0.0546. The molecule has 0 fully saturated rings. The van der Waals surface area contributed by atoms with Gasteiger partial charge in [0.2, 0.25) is 5.91 Å². The van der Waals surface area contributed by atoms with E-state index in [-0.39, 0.29) is 11.2 Å². The second kappa shape index (κ2) is 10.1. The molecule has 3 aromatic heterocycles. The summed E-state index contributed by atoms with van der Waals surface area (Å²) in [6, 6.07) is 17.8. The Morgan fingerprint density at radius 1 is 1.03 bits per heavy atom. The van der Waals surface area contributed by atoms with Crippen LogP contribution in [0.3, 0.4) is 0 Å². The lowest BCUT2D eigenvalue weighted by Gasteiger charge is -2.15. The third-order valence-corrected chi connectivity index (χ3v) is 7.35. The number of nitrogens with zero attached hydrogens (tertiary/aromatic N) is 6. The number of aryl methyl sites for hydroxylation is 5. The molecule has 0 saturated heterocycles. The molecule has 0 aliphatic heterocycles. The highest BCUT2D eigenvalue weighted by Crippen LogP contribution is 2.29. The van der Waals surface area contributed by atoms with Crippen LogP contribution in [-0.2, 0) is 17.8 Å². The minimum Gasteiger partial charge on any atom is -0.325 e. The fourth-order valence-electron chi connectivity index (χ4n) is 4.26. The first-order valence-corrected chi connectivity index (χ1v) is 13.0. The van der Waals surface area contributed by atoms with Crippen LogP contribution in [0.1, 0.15) is 36.1 Å². The van der Waals surface area contributed by atoms with Crippen LogP contribution in [0.15, 0.2) is 59.8 Å². The molecule has 5 rings (SSSR count). The van der Waals surface area contributed by atoms with Crippen molar-refractivity contribution in [3.05, 3.63) is 77.4 Å². The van der Waals surface area contributed by atoms with Crippen LogP contribution in [0.4, 0.5) is 5.69 Å². The predicted molar refractivity (Wildman–Crippen MR) is 143 cm³/mol. The van der Waals surface area contributed by atoms with Gasteiger partial charge >= 0.3 is 0 Å². The molecule has 0 bridgehead atoms. The molecule has 8 nitrogen and oxygen atoms in total. The average molecular weight is 500 g/mol. The lowest BCUT2D eigenvalue weighted by Crippen LogP contribution is -2.25. The maximum atomic E-state index is 13.1. The number of hydrogen-bond acceptors (Lipinski definition) is 6. The average Bonchev–Trinajstić information content (AvgIpc) is 3.43. The van der Waals surface area contributed by atoms with E-state index in [9.17, 15) is 4.79 Å². The van der Waals surface area contributed by atoms with E-state index in [0.717, 1.165) is 45.0 Å². The molecule has 5 aromatic rings. The highest BCUT2D eigenvalue weighted by atomic mass is 32.2. The Morgan fingerprint density at radius 3 is 2.61 bits per heavy atom. The molecule has 9 heteroatoms. The number of rotatable bonds is 8. The van der Waals surface area contributed by atoms with Crippen molar-refractivity contribution < 1.29 is 4.79 Å². The topological polar surface area (TPSA) is 90.0 Å². The Bertz CT molecular complexity index is 1550. The van der Waals surface area contributed by atoms with Crippen molar-refractivity contribution in [1.29, 1.82) is 0 Å². The van der Waals surface area contributed by atoms with Gasteiger partial charge in [0.15, 0.2) is 16.6 Å². The number of carbonyl (C=O) groups is 1. The lowest BCUT2D eigenvalue weighted by molar-refractivity contribution is -0.115. The summed E-state index contributed by atoms with van der Waals surface area (Å²) in [6.07, 6.45) is 1.30. The van der Waals surface area contributed by atoms with Crippen molar-refractivity contribution >= 4 is 39.9 Å². The molecule has 0 aliphatic carbocycles. The van der Waals surface area contributed by atoms with Gasteiger partial charge < -0.3 is 5.32 Å². The smallest absolute Gasteiger partial charge is 0.237 e. The summed E-state index contributed by atoms with van der Waals surface area (Å²) in [7, 11) is 0. The first kappa shape index (κ1) is 24.0. The van der Waals surface area contributed by atoms with E-state index in [1.165, 1.54) is 11.8 Å². The fraction of sp³-hybridized carbons (Fsp3) is 0.296. The molecule has 0 radical (unpaired) electrons. The van der Waals surface area contributed by atoms with Gasteiger partial charge in [-0.2, -0.15) is 9.61 Å². The van der Waals surface area contributed by atoms with E-state index in [4.69, 9.17) is 15.1 Å². The van der Waals surface area contributed by atoms with Crippen molar-refractivity contribution in [3.8, 4) is 0 Å². The third kappa shape index (κ3) is 4.97. The summed E-state index contributed by atoms with van der Waals surface area (Å²) in [5.74, 6) is 0.667. The lowest BCUT2D eigenvalue weighted by atomic mass is 10.2. The first-order valence-electron chi connectivity index (χ1n) is 12.1. The Morgan fingerprint density at radius 2 is 1.86 bits per heavy atom. The van der Waals surface area contributed by atoms with E-state index < -0.39 is 0 Å². The molecule has 1 amide bonds. The minimum atomic E-state index is -0.329. The molecule has 1 atom stereocenters. The summed E-state index contributed by atoms with van der Waals surface area (Å²) in [5, 5.41) is 13.7. The molecule has 0 aliphatic rings. The van der Waals surface area contributed by atoms with Crippen LogP contribution in [0.2, 0.25) is 0 Å². The fourth-order valence-corrected chi connectivity index (χ4v) is 5.22. The van der Waals surface area contributed by atoms with E-state index >= 15 is 0 Å². The van der Waals surface area contributed by atoms with Gasteiger partial charge in [-0.25, -0.2) is 9.97 Å². The van der Waals surface area contributed by atoms with Crippen molar-refractivity contribution in [3.63, 3.8) is 0 Å². The number of aromatic nitrogens is 6. The van der Waals surface area contributed by atoms with Gasteiger partial charge in [-0.3, -0.25) is 9.48 Å². The van der Waals surface area contributed by atoms with Gasteiger partial charge in [0.25, 0.3) is 0 Å². The van der Waals surface area contributed by atoms with Crippen molar-refractivity contribution in [2.75, 3.05) is 5.32 Å². The van der Waals surface area contributed by atoms with Crippen LogP contribution in [-0.4, -0.2) is 40.5 Å². The zero-order chi connectivity index (χ0) is 25.2. The number of benzene rings is 2. The third-order valence-electron chi connectivity index (χ3n) is 6.04. The van der Waals surface area contributed by atoms with Crippen LogP contribution in [0.5, 0.6) is 0 Å². The molecule has 2 aromatic carbocycles. The van der Waals surface area contributed by atoms with Crippen molar-refractivity contribution in [2.45, 2.75) is 57.5 Å². The van der Waals surface area contributed by atoms with Gasteiger partial charge in [0.1, 0.15) is 0 Å². The monoisotopic (exact) mass is 499 g/mol. The molecular weight excluding hydrogens is 470 g/mol. The van der Waals surface area contributed by atoms with E-state index in [0.29, 0.717) is 24.5 Å². The normalized spacial score (nSPS) is 12.3. The number of amides is 1. The SMILES string of the molecule is CC[C@@H](Sc1nc2ccccc2c2nc(CCn3nc(C)cc3C)nn12)C(=O)Nc1cccc(C)c1. The summed E-state index contributed by atoms with van der Waals surface area (Å²) < 4.78 is 3.77. The highest BCUT2D eigenvalue weighted by molar-refractivity contribution is 8.00. The number of fused-ring (bicyclic) bond motifs is 3. The van der Waals surface area contributed by atoms with Crippen LogP contribution < -0.4 is 5.32 Å². The number of hydrogen-bond donors (Lipinski definition) is 1. The second-order valence-corrected chi connectivity index (χ2v) is 10.1. The van der Waals surface area contributed by atoms with Crippen LogP contribution >= 0.6 is 11.8 Å². The zero-order valence-corrected chi connectivity index (χ0v) is 21.7. The number of anilines is 1. The van der Waals surface area contributed by atoms with Gasteiger partial charge in [-0.1, -0.05) is 43.0 Å². The zero-order valence-electron chi connectivity index (χ0n) is 20.9. The first-order chi connectivity index (χ1) is 17.4. The molecule has 1 N–H and O–H groups in total. The Kier molecular flexibility index (Phi) is 6.73. The highest BCUT2D eigenvalue weighted by Gasteiger charge is 2.23. The van der Waals surface area contributed by atoms with Gasteiger partial charge in [0, 0.05) is 29.7 Å². The maximum Gasteiger partial charge on any atom is 0.237 e. The van der Waals surface area contributed by atoms with Gasteiger partial charge in [0.05, 0.1) is 16.5 Å². The van der Waals surface area contributed by atoms with E-state index in [2.05, 4.69) is 23.4 Å². The largest absolute Gasteiger partial charge is 0.325 e. The van der Waals surface area contributed by atoms with Gasteiger partial charge in [-0.15, -0.1) is 5.10 Å². The molecule has 36 heavy (non-hydrogen) atoms. The van der Waals surface area contributed by atoms with E-state index in [1.807, 2.05) is 74.0 Å². The number of carbonyl (C=O) groups excluding carboxylic acids is 1. The number of para-hydroxylation sites is 1. The molecular formula is C27H29N7OS. The summed E-state index contributed by atoms with van der Waals surface area (Å²) in [4.78, 5) is 22.9. The quantitative estimate of drug-likeness (QED) is 0.235. The Labute approximate surface area is 214 Å². The van der Waals surface area contributed by atoms with Crippen LogP contribution in [0, 0.1) is 20.8 Å². The number of nitrogens with one attached hydrogen (secondary N) is 1. The molecule has 0 unspecified atom stereocenters. The molecule has 184 valence electrons. The Hall–Kier alpha value is -3.72. The molecule has 0 spiro atoms. The van der Waals surface area contributed by atoms with Crippen LogP contribution in [0.25, 0.3) is 16.6 Å². The van der Waals surface area contributed by atoms with Gasteiger partial charge in [-0.05, 0) is 63.1 Å². The Balaban J connectivity index is 1.45. The summed E-state index contributed by atoms with van der Waals surface area (Å²) in [5.41, 5.74) is 5.59. The van der Waals surface area contributed by atoms with Crippen molar-refractivity contribution in [1.82, 2.24) is 29.4 Å². The number of thioether (sulfide) groups is 1. The maximum absolute atomic E-state index is 13.1. The standard InChI is InChI=1S/C27H29N7OS/c1-5-23(26(35)28-20-10-8-9-17(2)15-20)36-27-29-22-12-7-6-11-21(22)25-30-24(32-34(25)27)13-14-33-19(4)16-18(3)31-33/h6-12,15-16,23H,5,13-14H2,1-4H3,(H,28,35)/t23-/m1/s1. The predicted octanol–water partition coefficient (Wildman–Crippen LogP) is 5.15. The summed E-state index contributed by atoms with van der Waals surface area (Å²) >= 11 is 1.42. The van der Waals surface area contributed by atoms with Crippen molar-refractivity contribution in [2.24, 2.45) is 0 Å². The second-order valence-electron chi connectivity index (χ2n) is 8.95. The van der Waals surface area contributed by atoms with E-state index in [1.54, 1.807) is 4.52 Å². The summed E-state index contributed by atoms with van der Waals surface area (Å²) in [6.45, 7) is 8.76.